The van der Waals surface area contributed by atoms with E-state index < -0.39 is 0 Å². The molecule has 0 spiro atoms. The van der Waals surface area contributed by atoms with E-state index in [1.165, 1.54) is 0 Å². The summed E-state index contributed by atoms with van der Waals surface area (Å²) in [5, 5.41) is 0. The highest BCUT2D eigenvalue weighted by atomic mass is 16.6. The van der Waals surface area contributed by atoms with Gasteiger partial charge in [-0.3, -0.25) is 4.79 Å². The van der Waals surface area contributed by atoms with Crippen molar-refractivity contribution in [2.24, 2.45) is 0 Å². The summed E-state index contributed by atoms with van der Waals surface area (Å²) in [6.07, 6.45) is -0.105. The third-order valence-electron chi connectivity index (χ3n) is 3.00. The van der Waals surface area contributed by atoms with Crippen LogP contribution in [0.5, 0.6) is 11.5 Å². The van der Waals surface area contributed by atoms with Crippen LogP contribution in [-0.4, -0.2) is 36.1 Å². The predicted octanol–water partition coefficient (Wildman–Crippen LogP) is 2.08. The zero-order chi connectivity index (χ0) is 13.1. The van der Waals surface area contributed by atoms with Crippen molar-refractivity contribution in [2.45, 2.75) is 32.9 Å². The molecule has 1 atom stereocenters. The first-order valence-corrected chi connectivity index (χ1v) is 6.23. The second-order valence-electron chi connectivity index (χ2n) is 4.76. The molecule has 0 aliphatic carbocycles. The van der Waals surface area contributed by atoms with Crippen LogP contribution in [0.4, 0.5) is 0 Å². The van der Waals surface area contributed by atoms with Crippen molar-refractivity contribution in [3.05, 3.63) is 24.3 Å². The molecule has 0 saturated heterocycles. The predicted molar refractivity (Wildman–Crippen MR) is 68.9 cm³/mol. The van der Waals surface area contributed by atoms with Gasteiger partial charge in [0.2, 0.25) is 5.91 Å². The van der Waals surface area contributed by atoms with Crippen molar-refractivity contribution >= 4 is 5.91 Å². The number of para-hydroxylation sites is 2. The van der Waals surface area contributed by atoms with Gasteiger partial charge < -0.3 is 14.4 Å². The Labute approximate surface area is 107 Å². The summed E-state index contributed by atoms with van der Waals surface area (Å²) in [7, 11) is 0. The van der Waals surface area contributed by atoms with Crippen LogP contribution in [-0.2, 0) is 4.79 Å². The van der Waals surface area contributed by atoms with Crippen LogP contribution < -0.4 is 9.47 Å². The van der Waals surface area contributed by atoms with Crippen molar-refractivity contribution in [3.8, 4) is 11.5 Å². The average Bonchev–Trinajstić information content (AvgIpc) is 2.35. The maximum Gasteiger partial charge on any atom is 0.219 e. The van der Waals surface area contributed by atoms with Gasteiger partial charge in [0.25, 0.3) is 0 Å². The van der Waals surface area contributed by atoms with Crippen molar-refractivity contribution < 1.29 is 14.3 Å². The second kappa shape index (κ2) is 5.29. The van der Waals surface area contributed by atoms with Gasteiger partial charge >= 0.3 is 0 Å². The van der Waals surface area contributed by atoms with Crippen LogP contribution >= 0.6 is 0 Å². The fourth-order valence-electron chi connectivity index (χ4n) is 2.08. The highest BCUT2D eigenvalue weighted by molar-refractivity contribution is 5.73. The second-order valence-corrected chi connectivity index (χ2v) is 4.76. The van der Waals surface area contributed by atoms with Crippen molar-refractivity contribution in [3.63, 3.8) is 0 Å². The molecule has 0 saturated carbocycles. The Balaban J connectivity index is 2.03. The van der Waals surface area contributed by atoms with Gasteiger partial charge in [-0.05, 0) is 26.0 Å². The first-order valence-electron chi connectivity index (χ1n) is 6.23. The molecule has 1 amide bonds. The summed E-state index contributed by atoms with van der Waals surface area (Å²) in [5.74, 6) is 1.58. The molecule has 4 heteroatoms. The Morgan fingerprint density at radius 1 is 1.39 bits per heavy atom. The van der Waals surface area contributed by atoms with E-state index in [0.717, 1.165) is 11.5 Å². The number of fused-ring (bicyclic) bond motifs is 1. The Kier molecular flexibility index (Phi) is 3.75. The summed E-state index contributed by atoms with van der Waals surface area (Å²) >= 11 is 0. The van der Waals surface area contributed by atoms with E-state index in [2.05, 4.69) is 0 Å². The van der Waals surface area contributed by atoms with E-state index in [1.807, 2.05) is 38.1 Å². The molecule has 4 nitrogen and oxygen atoms in total. The summed E-state index contributed by atoms with van der Waals surface area (Å²) in [6, 6.07) is 7.77. The van der Waals surface area contributed by atoms with E-state index in [9.17, 15) is 4.79 Å². The molecule has 2 rings (SSSR count). The minimum absolute atomic E-state index is 0.0625. The van der Waals surface area contributed by atoms with E-state index in [-0.39, 0.29) is 18.1 Å². The fourth-order valence-corrected chi connectivity index (χ4v) is 2.08. The number of hydrogen-bond acceptors (Lipinski definition) is 3. The molecular weight excluding hydrogens is 230 g/mol. The van der Waals surface area contributed by atoms with Crippen molar-refractivity contribution in [2.75, 3.05) is 13.2 Å². The minimum Gasteiger partial charge on any atom is -0.486 e. The van der Waals surface area contributed by atoms with Crippen LogP contribution in [0.2, 0.25) is 0 Å². The fraction of sp³-hybridized carbons (Fsp3) is 0.500. The molecule has 1 aliphatic heterocycles. The molecule has 1 heterocycles. The number of rotatable bonds is 3. The molecule has 0 radical (unpaired) electrons. The SMILES string of the molecule is CC(=O)N(CC1COc2ccccc2O1)C(C)C. The Hall–Kier alpha value is -1.71. The first-order chi connectivity index (χ1) is 8.58. The molecule has 18 heavy (non-hydrogen) atoms. The van der Waals surface area contributed by atoms with Crippen molar-refractivity contribution in [1.29, 1.82) is 0 Å². The molecule has 1 aromatic carbocycles. The monoisotopic (exact) mass is 249 g/mol. The lowest BCUT2D eigenvalue weighted by molar-refractivity contribution is -0.132. The van der Waals surface area contributed by atoms with Gasteiger partial charge in [0, 0.05) is 13.0 Å². The van der Waals surface area contributed by atoms with Gasteiger partial charge in [0.1, 0.15) is 6.61 Å². The normalized spacial score (nSPS) is 17.7. The smallest absolute Gasteiger partial charge is 0.219 e. The Morgan fingerprint density at radius 2 is 2.06 bits per heavy atom. The molecule has 0 bridgehead atoms. The maximum absolute atomic E-state index is 11.5. The number of carbonyl (C=O) groups is 1. The topological polar surface area (TPSA) is 38.8 Å². The molecule has 1 unspecified atom stereocenters. The molecule has 98 valence electrons. The molecule has 0 fully saturated rings. The van der Waals surface area contributed by atoms with Gasteiger partial charge in [-0.1, -0.05) is 12.1 Å². The standard InChI is InChI=1S/C14H19NO3/c1-10(2)15(11(3)16)8-12-9-17-13-6-4-5-7-14(13)18-12/h4-7,10,12H,8-9H2,1-3H3. The summed E-state index contributed by atoms with van der Waals surface area (Å²) < 4.78 is 11.5. The molecule has 0 N–H and O–H groups in total. The number of benzene rings is 1. The number of ether oxygens (including phenoxy) is 2. The quantitative estimate of drug-likeness (QED) is 0.823. The third kappa shape index (κ3) is 2.75. The molecule has 1 aliphatic rings. The van der Waals surface area contributed by atoms with Gasteiger partial charge in [0.05, 0.1) is 6.54 Å². The molecular formula is C14H19NO3. The Morgan fingerprint density at radius 3 is 2.67 bits per heavy atom. The van der Waals surface area contributed by atoms with Crippen molar-refractivity contribution in [1.82, 2.24) is 4.90 Å². The number of amides is 1. The largest absolute Gasteiger partial charge is 0.486 e. The van der Waals surface area contributed by atoms with E-state index >= 15 is 0 Å². The van der Waals surface area contributed by atoms with E-state index in [0.29, 0.717) is 13.2 Å². The number of nitrogens with zero attached hydrogens (tertiary/aromatic N) is 1. The van der Waals surface area contributed by atoms with E-state index in [4.69, 9.17) is 9.47 Å². The lowest BCUT2D eigenvalue weighted by Gasteiger charge is -2.32. The van der Waals surface area contributed by atoms with Crippen LogP contribution in [0.3, 0.4) is 0 Å². The number of hydrogen-bond donors (Lipinski definition) is 0. The van der Waals surface area contributed by atoms with Crippen LogP contribution in [0, 0.1) is 0 Å². The first kappa shape index (κ1) is 12.7. The highest BCUT2D eigenvalue weighted by Crippen LogP contribution is 2.31. The third-order valence-corrected chi connectivity index (χ3v) is 3.00. The zero-order valence-corrected chi connectivity index (χ0v) is 11.1. The summed E-state index contributed by atoms with van der Waals surface area (Å²) in [6.45, 7) is 6.62. The zero-order valence-electron chi connectivity index (χ0n) is 11.1. The molecule has 0 aromatic heterocycles. The van der Waals surface area contributed by atoms with Gasteiger partial charge in [0.15, 0.2) is 17.6 Å². The minimum atomic E-state index is -0.105. The highest BCUT2D eigenvalue weighted by Gasteiger charge is 2.25. The molecule has 1 aromatic rings. The van der Waals surface area contributed by atoms with Crippen LogP contribution in [0.1, 0.15) is 20.8 Å². The summed E-state index contributed by atoms with van der Waals surface area (Å²) in [5.41, 5.74) is 0. The maximum atomic E-state index is 11.5. The van der Waals surface area contributed by atoms with Gasteiger partial charge in [-0.15, -0.1) is 0 Å². The number of carbonyl (C=O) groups excluding carboxylic acids is 1. The van der Waals surface area contributed by atoms with Crippen LogP contribution in [0.15, 0.2) is 24.3 Å². The summed E-state index contributed by atoms with van der Waals surface area (Å²) in [4.78, 5) is 13.3. The Bertz CT molecular complexity index is 431. The van der Waals surface area contributed by atoms with E-state index in [1.54, 1.807) is 11.8 Å². The average molecular weight is 249 g/mol. The van der Waals surface area contributed by atoms with Gasteiger partial charge in [-0.2, -0.15) is 0 Å². The van der Waals surface area contributed by atoms with Crippen LogP contribution in [0.25, 0.3) is 0 Å². The lowest BCUT2D eigenvalue weighted by Crippen LogP contribution is -2.45. The van der Waals surface area contributed by atoms with Gasteiger partial charge in [-0.25, -0.2) is 0 Å². The lowest BCUT2D eigenvalue weighted by atomic mass is 10.2.